The zero-order chi connectivity index (χ0) is 17.9. The summed E-state index contributed by atoms with van der Waals surface area (Å²) in [7, 11) is 2.08. The minimum Gasteiger partial charge on any atom is -0.347 e. The molecule has 0 bridgehead atoms. The van der Waals surface area contributed by atoms with E-state index in [1.165, 1.54) is 5.56 Å². The van der Waals surface area contributed by atoms with Crippen LogP contribution in [0.4, 0.5) is 0 Å². The first kappa shape index (κ1) is 17.2. The Morgan fingerprint density at radius 1 is 1.12 bits per heavy atom. The van der Waals surface area contributed by atoms with Crippen LogP contribution in [0.15, 0.2) is 66.1 Å². The second-order valence-electron chi connectivity index (χ2n) is 6.63. The topological polar surface area (TPSA) is 43.8 Å². The van der Waals surface area contributed by atoms with Gasteiger partial charge in [0, 0.05) is 61.9 Å². The summed E-state index contributed by atoms with van der Waals surface area (Å²) in [5.74, 6) is 0. The predicted octanol–water partition coefficient (Wildman–Crippen LogP) is 2.91. The summed E-state index contributed by atoms with van der Waals surface area (Å²) >= 11 is 6.03. The highest BCUT2D eigenvalue weighted by atomic mass is 35.5. The average molecular weight is 368 g/mol. The van der Waals surface area contributed by atoms with E-state index in [4.69, 9.17) is 16.6 Å². The lowest BCUT2D eigenvalue weighted by molar-refractivity contribution is 0.0684. The molecule has 1 fully saturated rings. The van der Waals surface area contributed by atoms with Gasteiger partial charge in [0.05, 0.1) is 5.71 Å². The van der Waals surface area contributed by atoms with E-state index in [2.05, 4.69) is 51.6 Å². The van der Waals surface area contributed by atoms with Gasteiger partial charge in [-0.1, -0.05) is 23.7 Å². The molecule has 1 aromatic carbocycles. The molecule has 0 radical (unpaired) electrons. The second kappa shape index (κ2) is 7.58. The molecule has 2 aliphatic rings. The molecule has 2 aliphatic heterocycles. The van der Waals surface area contributed by atoms with Crippen molar-refractivity contribution in [3.05, 3.63) is 77.2 Å². The lowest BCUT2D eigenvalue weighted by Crippen LogP contribution is -2.54. The van der Waals surface area contributed by atoms with E-state index in [0.29, 0.717) is 0 Å². The summed E-state index contributed by atoms with van der Waals surface area (Å²) in [6.07, 6.45) is 7.78. The molecule has 2 aromatic rings. The summed E-state index contributed by atoms with van der Waals surface area (Å²) in [6.45, 7) is 2.79. The molecule has 3 heterocycles. The quantitative estimate of drug-likeness (QED) is 0.905. The van der Waals surface area contributed by atoms with Crippen LogP contribution in [0.1, 0.15) is 17.2 Å². The Balaban J connectivity index is 1.54. The van der Waals surface area contributed by atoms with Crippen LogP contribution in [-0.2, 0) is 0 Å². The normalized spacial score (nSPS) is 23.8. The number of halogens is 1. The number of hydrogen-bond donors (Lipinski definition) is 1. The Bertz CT molecular complexity index is 803. The van der Waals surface area contributed by atoms with E-state index in [0.717, 1.165) is 35.9 Å². The van der Waals surface area contributed by atoms with Crippen molar-refractivity contribution in [2.45, 2.75) is 12.3 Å². The fourth-order valence-electron chi connectivity index (χ4n) is 3.46. The first-order valence-corrected chi connectivity index (χ1v) is 9.20. The predicted molar refractivity (Wildman–Crippen MR) is 105 cm³/mol. The van der Waals surface area contributed by atoms with Crippen molar-refractivity contribution in [1.82, 2.24) is 20.1 Å². The largest absolute Gasteiger partial charge is 0.347 e. The highest BCUT2D eigenvalue weighted by molar-refractivity contribution is 6.30. The Hall–Kier alpha value is -2.21. The van der Waals surface area contributed by atoms with Gasteiger partial charge in [-0.3, -0.25) is 9.88 Å². The molecule has 1 unspecified atom stereocenters. The van der Waals surface area contributed by atoms with Crippen LogP contribution < -0.4 is 5.32 Å². The lowest BCUT2D eigenvalue weighted by atomic mass is 10.0. The number of pyridine rings is 1. The van der Waals surface area contributed by atoms with Crippen molar-refractivity contribution in [2.75, 3.05) is 26.7 Å². The molecule has 0 amide bonds. The van der Waals surface area contributed by atoms with E-state index in [1.807, 2.05) is 24.3 Å². The highest BCUT2D eigenvalue weighted by Gasteiger charge is 2.29. The van der Waals surface area contributed by atoms with Gasteiger partial charge in [-0.15, -0.1) is 0 Å². The average Bonchev–Trinajstić information content (AvgIpc) is 2.70. The SMILES string of the molecule is CN1C=CC(c2ccncc2)=N[C@@H]1N1CCNC(c2ccc(Cl)cc2)C1. The summed E-state index contributed by atoms with van der Waals surface area (Å²) < 4.78 is 0. The minimum absolute atomic E-state index is 0.0000607. The van der Waals surface area contributed by atoms with Gasteiger partial charge in [-0.05, 0) is 35.9 Å². The van der Waals surface area contributed by atoms with Gasteiger partial charge < -0.3 is 10.2 Å². The summed E-state index contributed by atoms with van der Waals surface area (Å²) in [5.41, 5.74) is 3.35. The Morgan fingerprint density at radius 3 is 2.65 bits per heavy atom. The third-order valence-corrected chi connectivity index (χ3v) is 5.12. The molecule has 5 nitrogen and oxygen atoms in total. The molecule has 134 valence electrons. The molecule has 4 rings (SSSR count). The van der Waals surface area contributed by atoms with Crippen LogP contribution in [-0.4, -0.2) is 53.5 Å². The van der Waals surface area contributed by atoms with Crippen LogP contribution in [0, 0.1) is 0 Å². The monoisotopic (exact) mass is 367 g/mol. The fraction of sp³-hybridized carbons (Fsp3) is 0.300. The first-order chi connectivity index (χ1) is 12.7. The van der Waals surface area contributed by atoms with Crippen LogP contribution in [0.5, 0.6) is 0 Å². The van der Waals surface area contributed by atoms with E-state index < -0.39 is 0 Å². The molecular formula is C20H22ClN5. The number of benzene rings is 1. The van der Waals surface area contributed by atoms with Crippen molar-refractivity contribution < 1.29 is 0 Å². The van der Waals surface area contributed by atoms with E-state index in [9.17, 15) is 0 Å². The molecule has 0 spiro atoms. The number of aliphatic imine (C=N–C) groups is 1. The molecule has 1 saturated heterocycles. The van der Waals surface area contributed by atoms with Crippen molar-refractivity contribution in [1.29, 1.82) is 0 Å². The second-order valence-corrected chi connectivity index (χ2v) is 7.07. The van der Waals surface area contributed by atoms with Crippen molar-refractivity contribution in [2.24, 2.45) is 4.99 Å². The molecule has 0 aliphatic carbocycles. The molecule has 26 heavy (non-hydrogen) atoms. The number of piperazine rings is 1. The Labute approximate surface area is 159 Å². The van der Waals surface area contributed by atoms with Crippen LogP contribution >= 0.6 is 11.6 Å². The maximum Gasteiger partial charge on any atom is 0.178 e. The number of aromatic nitrogens is 1. The van der Waals surface area contributed by atoms with Gasteiger partial charge in [0.25, 0.3) is 0 Å². The zero-order valence-electron chi connectivity index (χ0n) is 14.7. The van der Waals surface area contributed by atoms with E-state index >= 15 is 0 Å². The molecule has 0 saturated carbocycles. The standard InChI is InChI=1S/C20H22ClN5/c1-25-12-8-18(16-6-9-22-10-7-16)24-20(25)26-13-11-23-19(14-26)15-2-4-17(21)5-3-15/h2-10,12,19-20,23H,11,13-14H2,1H3/t19?,20-/m0/s1. The maximum absolute atomic E-state index is 6.03. The fourth-order valence-corrected chi connectivity index (χ4v) is 3.58. The van der Waals surface area contributed by atoms with E-state index in [1.54, 1.807) is 12.4 Å². The highest BCUT2D eigenvalue weighted by Crippen LogP contribution is 2.23. The molecular weight excluding hydrogens is 346 g/mol. The molecule has 1 N–H and O–H groups in total. The van der Waals surface area contributed by atoms with Crippen LogP contribution in [0.25, 0.3) is 0 Å². The molecule has 2 atom stereocenters. The van der Waals surface area contributed by atoms with Crippen LogP contribution in [0.2, 0.25) is 5.02 Å². The van der Waals surface area contributed by atoms with Crippen molar-refractivity contribution in [3.8, 4) is 0 Å². The Kier molecular flexibility index (Phi) is 5.02. The lowest BCUT2D eigenvalue weighted by Gasteiger charge is -2.41. The molecule has 1 aromatic heterocycles. The van der Waals surface area contributed by atoms with Gasteiger partial charge >= 0.3 is 0 Å². The summed E-state index contributed by atoms with van der Waals surface area (Å²) in [5, 5.41) is 4.37. The third kappa shape index (κ3) is 3.65. The number of rotatable bonds is 3. The summed E-state index contributed by atoms with van der Waals surface area (Å²) in [6, 6.07) is 12.4. The molecule has 6 heteroatoms. The number of nitrogens with zero attached hydrogens (tertiary/aromatic N) is 4. The Morgan fingerprint density at radius 2 is 1.88 bits per heavy atom. The van der Waals surface area contributed by atoms with Gasteiger partial charge in [0.1, 0.15) is 0 Å². The minimum atomic E-state index is 0.0000607. The number of hydrogen-bond acceptors (Lipinski definition) is 5. The summed E-state index contributed by atoms with van der Waals surface area (Å²) in [4.78, 5) is 13.7. The van der Waals surface area contributed by atoms with Crippen LogP contribution in [0.3, 0.4) is 0 Å². The third-order valence-electron chi connectivity index (χ3n) is 4.87. The first-order valence-electron chi connectivity index (χ1n) is 8.82. The number of allylic oxidation sites excluding steroid dienone is 1. The maximum atomic E-state index is 6.03. The van der Waals surface area contributed by atoms with Gasteiger partial charge in [-0.2, -0.15) is 0 Å². The van der Waals surface area contributed by atoms with Crippen molar-refractivity contribution in [3.63, 3.8) is 0 Å². The number of nitrogens with one attached hydrogen (secondary N) is 1. The van der Waals surface area contributed by atoms with Gasteiger partial charge in [-0.25, -0.2) is 4.99 Å². The van der Waals surface area contributed by atoms with E-state index in [-0.39, 0.29) is 12.3 Å². The van der Waals surface area contributed by atoms with Crippen molar-refractivity contribution >= 4 is 17.3 Å². The van der Waals surface area contributed by atoms with Gasteiger partial charge in [0.15, 0.2) is 6.29 Å². The smallest absolute Gasteiger partial charge is 0.178 e. The zero-order valence-corrected chi connectivity index (χ0v) is 15.5. The van der Waals surface area contributed by atoms with Gasteiger partial charge in [0.2, 0.25) is 0 Å².